The topological polar surface area (TPSA) is 35.8 Å². The van der Waals surface area contributed by atoms with E-state index < -0.39 is 0 Å². The number of rotatable bonds is 4. The number of nitriles is 1. The molecule has 1 N–H and O–H groups in total. The van der Waals surface area contributed by atoms with Crippen molar-refractivity contribution >= 4 is 0 Å². The molecule has 0 amide bonds. The molecule has 1 aliphatic rings. The standard InChI is InChI=1S/C15H20N2/c16-11-4-12-17-15-9-7-14(8-10-15)13-5-2-1-3-6-13/h1-3,5-6,14-15,17H,4,7-10,12H2. The minimum absolute atomic E-state index is 0.624. The molecule has 0 aromatic heterocycles. The van der Waals surface area contributed by atoms with Crippen LogP contribution in [0.3, 0.4) is 0 Å². The number of hydrogen-bond acceptors (Lipinski definition) is 2. The SMILES string of the molecule is N#CCCNC1CCC(c2ccccc2)CC1. The lowest BCUT2D eigenvalue weighted by molar-refractivity contribution is 0.345. The van der Waals surface area contributed by atoms with Crippen molar-refractivity contribution in [3.05, 3.63) is 35.9 Å². The van der Waals surface area contributed by atoms with Gasteiger partial charge in [-0.15, -0.1) is 0 Å². The van der Waals surface area contributed by atoms with Crippen LogP contribution in [0.5, 0.6) is 0 Å². The lowest BCUT2D eigenvalue weighted by Crippen LogP contribution is -2.33. The molecule has 1 saturated carbocycles. The van der Waals surface area contributed by atoms with Crippen LogP contribution in [-0.4, -0.2) is 12.6 Å². The number of hydrogen-bond donors (Lipinski definition) is 1. The monoisotopic (exact) mass is 228 g/mol. The third-order valence-corrected chi connectivity index (χ3v) is 3.67. The van der Waals surface area contributed by atoms with Crippen LogP contribution >= 0.6 is 0 Å². The van der Waals surface area contributed by atoms with Crippen molar-refractivity contribution in [2.24, 2.45) is 0 Å². The van der Waals surface area contributed by atoms with Crippen molar-refractivity contribution in [3.63, 3.8) is 0 Å². The Kier molecular flexibility index (Phi) is 4.58. The largest absolute Gasteiger partial charge is 0.313 e. The van der Waals surface area contributed by atoms with E-state index in [9.17, 15) is 0 Å². The molecule has 17 heavy (non-hydrogen) atoms. The van der Waals surface area contributed by atoms with Gasteiger partial charge in [-0.05, 0) is 37.2 Å². The Hall–Kier alpha value is -1.33. The molecule has 0 radical (unpaired) electrons. The third-order valence-electron chi connectivity index (χ3n) is 3.67. The Bertz CT molecular complexity index is 358. The number of nitrogens with one attached hydrogen (secondary N) is 1. The van der Waals surface area contributed by atoms with Gasteiger partial charge in [-0.2, -0.15) is 5.26 Å². The molecule has 0 atom stereocenters. The summed E-state index contributed by atoms with van der Waals surface area (Å²) in [7, 11) is 0. The molecule has 0 spiro atoms. The Morgan fingerprint density at radius 2 is 1.82 bits per heavy atom. The van der Waals surface area contributed by atoms with Crippen molar-refractivity contribution < 1.29 is 0 Å². The zero-order chi connectivity index (χ0) is 11.9. The second kappa shape index (κ2) is 6.42. The summed E-state index contributed by atoms with van der Waals surface area (Å²) >= 11 is 0. The first-order valence-corrected chi connectivity index (χ1v) is 6.55. The van der Waals surface area contributed by atoms with Crippen LogP contribution in [0.15, 0.2) is 30.3 Å². The highest BCUT2D eigenvalue weighted by Gasteiger charge is 2.21. The molecule has 1 aromatic carbocycles. The molecule has 2 rings (SSSR count). The zero-order valence-electron chi connectivity index (χ0n) is 10.2. The highest BCUT2D eigenvalue weighted by Crippen LogP contribution is 2.32. The van der Waals surface area contributed by atoms with Crippen LogP contribution in [0, 0.1) is 11.3 Å². The van der Waals surface area contributed by atoms with Gasteiger partial charge >= 0.3 is 0 Å². The summed E-state index contributed by atoms with van der Waals surface area (Å²) in [5.41, 5.74) is 1.49. The van der Waals surface area contributed by atoms with E-state index >= 15 is 0 Å². The molecule has 90 valence electrons. The van der Waals surface area contributed by atoms with Crippen LogP contribution in [-0.2, 0) is 0 Å². The number of nitrogens with zero attached hydrogens (tertiary/aromatic N) is 1. The second-order valence-corrected chi connectivity index (χ2v) is 4.82. The summed E-state index contributed by atoms with van der Waals surface area (Å²) in [5, 5.41) is 12.0. The van der Waals surface area contributed by atoms with E-state index in [0.717, 1.165) is 12.5 Å². The van der Waals surface area contributed by atoms with Gasteiger partial charge in [0.1, 0.15) is 0 Å². The molecule has 1 aliphatic carbocycles. The van der Waals surface area contributed by atoms with E-state index in [-0.39, 0.29) is 0 Å². The van der Waals surface area contributed by atoms with Crippen LogP contribution in [0.25, 0.3) is 0 Å². The summed E-state index contributed by atoms with van der Waals surface area (Å²) in [4.78, 5) is 0. The molecule has 2 nitrogen and oxygen atoms in total. The van der Waals surface area contributed by atoms with Crippen LogP contribution in [0.2, 0.25) is 0 Å². The van der Waals surface area contributed by atoms with Gasteiger partial charge < -0.3 is 5.32 Å². The molecule has 1 aromatic rings. The molecule has 2 heteroatoms. The Morgan fingerprint density at radius 1 is 1.12 bits per heavy atom. The van der Waals surface area contributed by atoms with Gasteiger partial charge in [-0.25, -0.2) is 0 Å². The number of benzene rings is 1. The molecule has 0 bridgehead atoms. The molecule has 1 fully saturated rings. The zero-order valence-corrected chi connectivity index (χ0v) is 10.2. The van der Waals surface area contributed by atoms with Crippen molar-refractivity contribution in [1.82, 2.24) is 5.32 Å². The van der Waals surface area contributed by atoms with Crippen molar-refractivity contribution in [2.75, 3.05) is 6.54 Å². The lowest BCUT2D eigenvalue weighted by atomic mass is 9.82. The van der Waals surface area contributed by atoms with Crippen LogP contribution in [0.4, 0.5) is 0 Å². The summed E-state index contributed by atoms with van der Waals surface area (Å²) in [5.74, 6) is 0.741. The van der Waals surface area contributed by atoms with Crippen molar-refractivity contribution in [2.45, 2.75) is 44.1 Å². The molecular formula is C15H20N2. The molecular weight excluding hydrogens is 208 g/mol. The average molecular weight is 228 g/mol. The maximum atomic E-state index is 8.50. The normalized spacial score (nSPS) is 24.2. The summed E-state index contributed by atoms with van der Waals surface area (Å²) in [6.07, 6.45) is 5.65. The molecule has 0 heterocycles. The minimum atomic E-state index is 0.624. The fraction of sp³-hybridized carbons (Fsp3) is 0.533. The van der Waals surface area contributed by atoms with Gasteiger partial charge in [0.2, 0.25) is 0 Å². The average Bonchev–Trinajstić information content (AvgIpc) is 2.41. The van der Waals surface area contributed by atoms with Gasteiger partial charge in [0.15, 0.2) is 0 Å². The van der Waals surface area contributed by atoms with E-state index in [0.29, 0.717) is 12.5 Å². The Morgan fingerprint density at radius 3 is 2.47 bits per heavy atom. The smallest absolute Gasteiger partial charge is 0.0635 e. The highest BCUT2D eigenvalue weighted by atomic mass is 14.9. The lowest BCUT2D eigenvalue weighted by Gasteiger charge is -2.29. The maximum Gasteiger partial charge on any atom is 0.0635 e. The molecule has 0 saturated heterocycles. The fourth-order valence-corrected chi connectivity index (χ4v) is 2.69. The van der Waals surface area contributed by atoms with E-state index in [2.05, 4.69) is 41.7 Å². The Balaban J connectivity index is 1.77. The first-order valence-electron chi connectivity index (χ1n) is 6.55. The maximum absolute atomic E-state index is 8.50. The van der Waals surface area contributed by atoms with Gasteiger partial charge in [-0.3, -0.25) is 0 Å². The van der Waals surface area contributed by atoms with E-state index in [1.807, 2.05) is 0 Å². The first kappa shape index (κ1) is 12.1. The van der Waals surface area contributed by atoms with Crippen LogP contribution in [0.1, 0.15) is 43.6 Å². The Labute approximate surface area is 104 Å². The van der Waals surface area contributed by atoms with E-state index in [4.69, 9.17) is 5.26 Å². The highest BCUT2D eigenvalue weighted by molar-refractivity contribution is 5.20. The summed E-state index contributed by atoms with van der Waals surface area (Å²) < 4.78 is 0. The van der Waals surface area contributed by atoms with Gasteiger partial charge in [-0.1, -0.05) is 30.3 Å². The summed E-state index contributed by atoms with van der Waals surface area (Å²) in [6.45, 7) is 0.844. The predicted molar refractivity (Wildman–Crippen MR) is 69.7 cm³/mol. The molecule has 0 unspecified atom stereocenters. The van der Waals surface area contributed by atoms with Gasteiger partial charge in [0.05, 0.1) is 6.07 Å². The van der Waals surface area contributed by atoms with Crippen LogP contribution < -0.4 is 5.32 Å². The third kappa shape index (κ3) is 3.57. The summed E-state index contributed by atoms with van der Waals surface area (Å²) in [6, 6.07) is 13.6. The first-order chi connectivity index (χ1) is 8.40. The van der Waals surface area contributed by atoms with E-state index in [1.165, 1.54) is 31.2 Å². The quantitative estimate of drug-likeness (QED) is 0.803. The minimum Gasteiger partial charge on any atom is -0.313 e. The van der Waals surface area contributed by atoms with Crippen molar-refractivity contribution in [1.29, 1.82) is 5.26 Å². The predicted octanol–water partition coefficient (Wildman–Crippen LogP) is 3.22. The van der Waals surface area contributed by atoms with Gasteiger partial charge in [0.25, 0.3) is 0 Å². The van der Waals surface area contributed by atoms with E-state index in [1.54, 1.807) is 0 Å². The fourth-order valence-electron chi connectivity index (χ4n) is 2.69. The molecule has 0 aliphatic heterocycles. The van der Waals surface area contributed by atoms with Crippen molar-refractivity contribution in [3.8, 4) is 6.07 Å². The second-order valence-electron chi connectivity index (χ2n) is 4.82. The van der Waals surface area contributed by atoms with Gasteiger partial charge in [0, 0.05) is 19.0 Å².